The standard InChI is InChI=1S/C21H22FN3O6S/c1-4-25(5-2)32(27,28)18-12-15(8-11-17(18)29-3)21(26)30-13-19-23-20(24-31-19)14-6-9-16(22)10-7-14/h6-12H,4-5,13H2,1-3H3. The van der Waals surface area contributed by atoms with Crippen molar-refractivity contribution >= 4 is 16.0 Å². The van der Waals surface area contributed by atoms with Crippen LogP contribution in [-0.4, -0.2) is 49.0 Å². The number of rotatable bonds is 9. The number of benzene rings is 2. The number of carbonyl (C=O) groups excluding carboxylic acids is 1. The molecule has 2 aromatic carbocycles. The van der Waals surface area contributed by atoms with Crippen LogP contribution in [0.2, 0.25) is 0 Å². The van der Waals surface area contributed by atoms with Crippen molar-refractivity contribution in [3.05, 3.63) is 59.7 Å². The molecule has 170 valence electrons. The Hall–Kier alpha value is -3.31. The van der Waals surface area contributed by atoms with Gasteiger partial charge in [-0.25, -0.2) is 17.6 Å². The number of esters is 1. The summed E-state index contributed by atoms with van der Waals surface area (Å²) in [5.41, 5.74) is 0.559. The minimum absolute atomic E-state index is 0.0230. The van der Waals surface area contributed by atoms with Crippen LogP contribution < -0.4 is 4.74 Å². The summed E-state index contributed by atoms with van der Waals surface area (Å²) < 4.78 is 55.6. The SMILES string of the molecule is CCN(CC)S(=O)(=O)c1cc(C(=O)OCc2nc(-c3ccc(F)cc3)no2)ccc1OC. The second-order valence-electron chi connectivity index (χ2n) is 6.55. The van der Waals surface area contributed by atoms with E-state index in [0.29, 0.717) is 5.56 Å². The third-order valence-corrected chi connectivity index (χ3v) is 6.69. The molecule has 0 saturated carbocycles. The first-order chi connectivity index (χ1) is 15.3. The summed E-state index contributed by atoms with van der Waals surface area (Å²) in [4.78, 5) is 16.5. The molecule has 0 radical (unpaired) electrons. The fraction of sp³-hybridized carbons (Fsp3) is 0.286. The third-order valence-electron chi connectivity index (χ3n) is 4.62. The van der Waals surface area contributed by atoms with E-state index in [0.717, 1.165) is 0 Å². The van der Waals surface area contributed by atoms with E-state index in [1.807, 2.05) is 0 Å². The predicted octanol–water partition coefficient (Wildman–Crippen LogP) is 3.27. The maximum Gasteiger partial charge on any atom is 0.338 e. The molecule has 0 fully saturated rings. The Balaban J connectivity index is 1.76. The van der Waals surface area contributed by atoms with Gasteiger partial charge in [-0.1, -0.05) is 19.0 Å². The molecule has 0 aliphatic carbocycles. The Morgan fingerprint density at radius 1 is 1.12 bits per heavy atom. The maximum absolute atomic E-state index is 13.0. The Bertz CT molecular complexity index is 1190. The van der Waals surface area contributed by atoms with Gasteiger partial charge in [0.1, 0.15) is 16.5 Å². The maximum atomic E-state index is 13.0. The van der Waals surface area contributed by atoms with E-state index in [4.69, 9.17) is 14.0 Å². The lowest BCUT2D eigenvalue weighted by molar-refractivity contribution is 0.0429. The number of methoxy groups -OCH3 is 1. The highest BCUT2D eigenvalue weighted by molar-refractivity contribution is 7.89. The van der Waals surface area contributed by atoms with E-state index in [1.54, 1.807) is 13.8 Å². The molecule has 0 N–H and O–H groups in total. The quantitative estimate of drug-likeness (QED) is 0.445. The number of sulfonamides is 1. The van der Waals surface area contributed by atoms with Gasteiger partial charge in [-0.15, -0.1) is 0 Å². The molecule has 11 heteroatoms. The Labute approximate surface area is 184 Å². The zero-order valence-corrected chi connectivity index (χ0v) is 18.6. The van der Waals surface area contributed by atoms with Gasteiger partial charge in [-0.3, -0.25) is 0 Å². The van der Waals surface area contributed by atoms with Gasteiger partial charge in [0.2, 0.25) is 15.8 Å². The fourth-order valence-corrected chi connectivity index (χ4v) is 4.59. The molecule has 0 atom stereocenters. The van der Waals surface area contributed by atoms with Crippen LogP contribution in [0.15, 0.2) is 51.9 Å². The van der Waals surface area contributed by atoms with E-state index in [1.165, 1.54) is 53.9 Å². The van der Waals surface area contributed by atoms with Crippen LogP contribution in [-0.2, 0) is 21.4 Å². The van der Waals surface area contributed by atoms with Gasteiger partial charge >= 0.3 is 5.97 Å². The second-order valence-corrected chi connectivity index (χ2v) is 8.46. The molecule has 9 nitrogen and oxygen atoms in total. The molecule has 0 unspecified atom stereocenters. The van der Waals surface area contributed by atoms with Crippen LogP contribution in [0.5, 0.6) is 5.75 Å². The monoisotopic (exact) mass is 463 g/mol. The Morgan fingerprint density at radius 3 is 2.44 bits per heavy atom. The number of hydrogen-bond acceptors (Lipinski definition) is 8. The molecule has 32 heavy (non-hydrogen) atoms. The summed E-state index contributed by atoms with van der Waals surface area (Å²) in [5.74, 6) is -0.803. The lowest BCUT2D eigenvalue weighted by atomic mass is 10.2. The fourth-order valence-electron chi connectivity index (χ4n) is 2.95. The molecular formula is C21H22FN3O6S. The first kappa shape index (κ1) is 23.4. The van der Waals surface area contributed by atoms with Crippen LogP contribution >= 0.6 is 0 Å². The molecule has 0 amide bonds. The molecular weight excluding hydrogens is 441 g/mol. The topological polar surface area (TPSA) is 112 Å². The average molecular weight is 463 g/mol. The summed E-state index contributed by atoms with van der Waals surface area (Å²) in [5, 5.41) is 3.77. The first-order valence-corrected chi connectivity index (χ1v) is 11.2. The number of ether oxygens (including phenoxy) is 2. The number of hydrogen-bond donors (Lipinski definition) is 0. The molecule has 3 aromatic rings. The van der Waals surface area contributed by atoms with Crippen LogP contribution in [0, 0.1) is 5.82 Å². The normalized spacial score (nSPS) is 11.5. The van der Waals surface area contributed by atoms with Crippen LogP contribution in [0.1, 0.15) is 30.1 Å². The number of carbonyl (C=O) groups is 1. The molecule has 0 spiro atoms. The molecule has 0 saturated heterocycles. The third kappa shape index (κ3) is 4.94. The minimum atomic E-state index is -3.86. The van der Waals surface area contributed by atoms with Gasteiger partial charge in [-0.05, 0) is 42.5 Å². The van der Waals surface area contributed by atoms with Crippen LogP contribution in [0.3, 0.4) is 0 Å². The largest absolute Gasteiger partial charge is 0.495 e. The van der Waals surface area contributed by atoms with Crippen LogP contribution in [0.25, 0.3) is 11.4 Å². The summed E-state index contributed by atoms with van der Waals surface area (Å²) in [6, 6.07) is 9.52. The lowest BCUT2D eigenvalue weighted by Crippen LogP contribution is -2.31. The molecule has 0 aliphatic heterocycles. The highest BCUT2D eigenvalue weighted by atomic mass is 32.2. The minimum Gasteiger partial charge on any atom is -0.495 e. The van der Waals surface area contributed by atoms with E-state index in [9.17, 15) is 17.6 Å². The number of aromatic nitrogens is 2. The van der Waals surface area contributed by atoms with Crippen LogP contribution in [0.4, 0.5) is 4.39 Å². The highest BCUT2D eigenvalue weighted by Crippen LogP contribution is 2.28. The molecule has 0 aliphatic rings. The van der Waals surface area contributed by atoms with Crippen molar-refractivity contribution in [2.45, 2.75) is 25.3 Å². The van der Waals surface area contributed by atoms with Crippen molar-refractivity contribution < 1.29 is 31.6 Å². The summed E-state index contributed by atoms with van der Waals surface area (Å²) in [7, 11) is -2.51. The Morgan fingerprint density at radius 2 is 1.81 bits per heavy atom. The smallest absolute Gasteiger partial charge is 0.338 e. The zero-order chi connectivity index (χ0) is 23.3. The molecule has 1 heterocycles. The van der Waals surface area contributed by atoms with E-state index >= 15 is 0 Å². The number of nitrogens with zero attached hydrogens (tertiary/aromatic N) is 3. The summed E-state index contributed by atoms with van der Waals surface area (Å²) in [6.07, 6.45) is 0. The van der Waals surface area contributed by atoms with Gasteiger partial charge in [-0.2, -0.15) is 9.29 Å². The molecule has 0 bridgehead atoms. The second kappa shape index (κ2) is 9.88. The van der Waals surface area contributed by atoms with E-state index in [2.05, 4.69) is 10.1 Å². The van der Waals surface area contributed by atoms with Crippen molar-refractivity contribution in [3.63, 3.8) is 0 Å². The van der Waals surface area contributed by atoms with E-state index in [-0.39, 0.29) is 47.6 Å². The van der Waals surface area contributed by atoms with Crippen molar-refractivity contribution in [3.8, 4) is 17.1 Å². The zero-order valence-electron chi connectivity index (χ0n) is 17.7. The van der Waals surface area contributed by atoms with Gasteiger partial charge in [0.05, 0.1) is 12.7 Å². The highest BCUT2D eigenvalue weighted by Gasteiger charge is 2.27. The predicted molar refractivity (Wildman–Crippen MR) is 112 cm³/mol. The average Bonchev–Trinajstić information content (AvgIpc) is 3.27. The van der Waals surface area contributed by atoms with Gasteiger partial charge in [0.25, 0.3) is 5.89 Å². The van der Waals surface area contributed by atoms with Gasteiger partial charge < -0.3 is 14.0 Å². The molecule has 3 rings (SSSR count). The summed E-state index contributed by atoms with van der Waals surface area (Å²) in [6.45, 7) is 3.65. The van der Waals surface area contributed by atoms with Crippen molar-refractivity contribution in [1.82, 2.24) is 14.4 Å². The summed E-state index contributed by atoms with van der Waals surface area (Å²) >= 11 is 0. The van der Waals surface area contributed by atoms with Crippen molar-refractivity contribution in [2.24, 2.45) is 0 Å². The molecule has 1 aromatic heterocycles. The first-order valence-electron chi connectivity index (χ1n) is 9.74. The number of halogens is 1. The van der Waals surface area contributed by atoms with Gasteiger partial charge in [0.15, 0.2) is 6.61 Å². The van der Waals surface area contributed by atoms with Crippen molar-refractivity contribution in [2.75, 3.05) is 20.2 Å². The van der Waals surface area contributed by atoms with Gasteiger partial charge in [0, 0.05) is 18.7 Å². The Kier molecular flexibility index (Phi) is 7.21. The van der Waals surface area contributed by atoms with E-state index < -0.39 is 21.8 Å². The lowest BCUT2D eigenvalue weighted by Gasteiger charge is -2.20. The van der Waals surface area contributed by atoms with Crippen molar-refractivity contribution in [1.29, 1.82) is 0 Å².